The Morgan fingerprint density at radius 1 is 1.22 bits per heavy atom. The number of hydrogen-bond acceptors (Lipinski definition) is 4. The summed E-state index contributed by atoms with van der Waals surface area (Å²) in [6.07, 6.45) is 6.55. The van der Waals surface area contributed by atoms with Gasteiger partial charge in [-0.1, -0.05) is 19.8 Å². The van der Waals surface area contributed by atoms with Crippen LogP contribution in [-0.4, -0.2) is 49.5 Å². The van der Waals surface area contributed by atoms with Crippen molar-refractivity contribution in [1.29, 1.82) is 0 Å². The van der Waals surface area contributed by atoms with Crippen molar-refractivity contribution in [2.75, 3.05) is 24.6 Å². The monoisotopic (exact) mass is 274 g/mol. The van der Waals surface area contributed by atoms with Crippen LogP contribution in [-0.2, 0) is 9.84 Å². The molecule has 106 valence electrons. The molecule has 1 heterocycles. The number of likely N-dealkylation sites (N-methyl/N-ethyl adjacent to an activating group) is 1. The first-order chi connectivity index (χ1) is 8.53. The van der Waals surface area contributed by atoms with Gasteiger partial charge >= 0.3 is 0 Å². The third-order valence-electron chi connectivity index (χ3n) is 4.85. The van der Waals surface area contributed by atoms with E-state index < -0.39 is 9.84 Å². The molecule has 0 spiro atoms. The van der Waals surface area contributed by atoms with Crippen LogP contribution in [0, 0.1) is 0 Å². The molecule has 1 saturated heterocycles. The summed E-state index contributed by atoms with van der Waals surface area (Å²) in [7, 11) is -2.81. The maximum Gasteiger partial charge on any atom is 0.150 e. The van der Waals surface area contributed by atoms with Crippen LogP contribution >= 0.6 is 0 Å². The quantitative estimate of drug-likeness (QED) is 0.835. The van der Waals surface area contributed by atoms with Gasteiger partial charge in [-0.15, -0.1) is 0 Å². The van der Waals surface area contributed by atoms with Gasteiger partial charge in [0.15, 0.2) is 0 Å². The zero-order valence-electron chi connectivity index (χ0n) is 11.4. The lowest BCUT2D eigenvalue weighted by atomic mass is 9.88. The first-order valence-corrected chi connectivity index (χ1v) is 9.02. The Morgan fingerprint density at radius 3 is 2.22 bits per heavy atom. The van der Waals surface area contributed by atoms with Gasteiger partial charge in [0, 0.05) is 18.1 Å². The highest BCUT2D eigenvalue weighted by molar-refractivity contribution is 7.91. The van der Waals surface area contributed by atoms with Crippen molar-refractivity contribution in [3.05, 3.63) is 0 Å². The molecule has 4 nitrogen and oxygen atoms in total. The second-order valence-corrected chi connectivity index (χ2v) is 8.11. The van der Waals surface area contributed by atoms with Gasteiger partial charge in [-0.3, -0.25) is 4.90 Å². The minimum atomic E-state index is -2.81. The van der Waals surface area contributed by atoms with Crippen LogP contribution in [0.5, 0.6) is 0 Å². The van der Waals surface area contributed by atoms with Crippen LogP contribution in [0.15, 0.2) is 0 Å². The molecule has 2 N–H and O–H groups in total. The molecule has 18 heavy (non-hydrogen) atoms. The first-order valence-electron chi connectivity index (χ1n) is 7.20. The SMILES string of the molecule is CCN(C1CCCC1)C1(CN)CCS(=O)(=O)CC1. The molecule has 0 aromatic heterocycles. The molecule has 0 amide bonds. The number of rotatable bonds is 4. The molecule has 1 aliphatic heterocycles. The van der Waals surface area contributed by atoms with Crippen molar-refractivity contribution >= 4 is 9.84 Å². The predicted molar refractivity (Wildman–Crippen MR) is 74.3 cm³/mol. The molecule has 1 saturated carbocycles. The Morgan fingerprint density at radius 2 is 1.78 bits per heavy atom. The molecular weight excluding hydrogens is 248 g/mol. The van der Waals surface area contributed by atoms with E-state index in [-0.39, 0.29) is 5.54 Å². The van der Waals surface area contributed by atoms with Crippen LogP contribution in [0.4, 0.5) is 0 Å². The van der Waals surface area contributed by atoms with E-state index in [1.54, 1.807) is 0 Å². The fourth-order valence-electron chi connectivity index (χ4n) is 3.72. The van der Waals surface area contributed by atoms with Gasteiger partial charge in [0.25, 0.3) is 0 Å². The molecule has 1 aliphatic carbocycles. The average molecular weight is 274 g/mol. The van der Waals surface area contributed by atoms with E-state index in [0.717, 1.165) is 19.4 Å². The Labute approximate surface area is 111 Å². The zero-order chi connectivity index (χ0) is 13.2. The molecule has 0 radical (unpaired) electrons. The number of sulfone groups is 1. The second kappa shape index (κ2) is 5.47. The van der Waals surface area contributed by atoms with E-state index >= 15 is 0 Å². The summed E-state index contributed by atoms with van der Waals surface area (Å²) in [6, 6.07) is 0.624. The lowest BCUT2D eigenvalue weighted by Gasteiger charge is -2.48. The largest absolute Gasteiger partial charge is 0.329 e. The third kappa shape index (κ3) is 2.73. The number of hydrogen-bond donors (Lipinski definition) is 1. The van der Waals surface area contributed by atoms with Gasteiger partial charge in [0.1, 0.15) is 9.84 Å². The minimum absolute atomic E-state index is 0.0604. The highest BCUT2D eigenvalue weighted by Crippen LogP contribution is 2.35. The Kier molecular flexibility index (Phi) is 4.34. The van der Waals surface area contributed by atoms with E-state index in [0.29, 0.717) is 24.1 Å². The fourth-order valence-corrected chi connectivity index (χ4v) is 5.31. The summed E-state index contributed by atoms with van der Waals surface area (Å²) >= 11 is 0. The molecule has 0 bridgehead atoms. The average Bonchev–Trinajstić information content (AvgIpc) is 2.86. The summed E-state index contributed by atoms with van der Waals surface area (Å²) < 4.78 is 23.3. The lowest BCUT2D eigenvalue weighted by Crippen LogP contribution is -2.60. The number of nitrogens with two attached hydrogens (primary N) is 1. The lowest BCUT2D eigenvalue weighted by molar-refractivity contribution is 0.0461. The molecule has 2 rings (SSSR count). The summed E-state index contributed by atoms with van der Waals surface area (Å²) in [5, 5.41) is 0. The normalized spacial score (nSPS) is 27.7. The van der Waals surface area contributed by atoms with Gasteiger partial charge in [0.2, 0.25) is 0 Å². The van der Waals surface area contributed by atoms with Gasteiger partial charge in [-0.05, 0) is 32.2 Å². The summed E-state index contributed by atoms with van der Waals surface area (Å²) in [4.78, 5) is 2.52. The van der Waals surface area contributed by atoms with Crippen LogP contribution in [0.3, 0.4) is 0 Å². The molecule has 2 fully saturated rings. The molecule has 0 aromatic carbocycles. The van der Waals surface area contributed by atoms with Crippen LogP contribution in [0.1, 0.15) is 45.4 Å². The fraction of sp³-hybridized carbons (Fsp3) is 1.00. The maximum absolute atomic E-state index is 11.6. The highest BCUT2D eigenvalue weighted by Gasteiger charge is 2.43. The van der Waals surface area contributed by atoms with Crippen LogP contribution < -0.4 is 5.73 Å². The molecule has 5 heteroatoms. The van der Waals surface area contributed by atoms with Gasteiger partial charge < -0.3 is 5.73 Å². The van der Waals surface area contributed by atoms with E-state index in [1.165, 1.54) is 25.7 Å². The Bertz CT molecular complexity index is 360. The molecular formula is C13H26N2O2S. The predicted octanol–water partition coefficient (Wildman–Crippen LogP) is 1.16. The van der Waals surface area contributed by atoms with Crippen LogP contribution in [0.25, 0.3) is 0 Å². The summed E-state index contributed by atoms with van der Waals surface area (Å²) in [6.45, 7) is 3.76. The van der Waals surface area contributed by atoms with E-state index in [1.807, 2.05) is 0 Å². The first kappa shape index (κ1) is 14.3. The van der Waals surface area contributed by atoms with E-state index in [9.17, 15) is 8.42 Å². The van der Waals surface area contributed by atoms with Gasteiger partial charge in [-0.2, -0.15) is 0 Å². The summed E-state index contributed by atoms with van der Waals surface area (Å²) in [5.74, 6) is 0.626. The van der Waals surface area contributed by atoms with Gasteiger partial charge in [0.05, 0.1) is 11.5 Å². The molecule has 0 atom stereocenters. The van der Waals surface area contributed by atoms with Crippen molar-refractivity contribution in [3.8, 4) is 0 Å². The Hall–Kier alpha value is -0.130. The highest BCUT2D eigenvalue weighted by atomic mass is 32.2. The maximum atomic E-state index is 11.6. The number of nitrogens with zero attached hydrogens (tertiary/aromatic N) is 1. The zero-order valence-corrected chi connectivity index (χ0v) is 12.2. The molecule has 0 aromatic rings. The van der Waals surface area contributed by atoms with Crippen molar-refractivity contribution < 1.29 is 8.42 Å². The van der Waals surface area contributed by atoms with Crippen LogP contribution in [0.2, 0.25) is 0 Å². The molecule has 2 aliphatic rings. The third-order valence-corrected chi connectivity index (χ3v) is 6.50. The van der Waals surface area contributed by atoms with Crippen molar-refractivity contribution in [3.63, 3.8) is 0 Å². The summed E-state index contributed by atoms with van der Waals surface area (Å²) in [5.41, 5.74) is 5.97. The van der Waals surface area contributed by atoms with Gasteiger partial charge in [-0.25, -0.2) is 8.42 Å². The second-order valence-electron chi connectivity index (χ2n) is 5.80. The van der Waals surface area contributed by atoms with E-state index in [2.05, 4.69) is 11.8 Å². The topological polar surface area (TPSA) is 63.4 Å². The minimum Gasteiger partial charge on any atom is -0.329 e. The Balaban J connectivity index is 2.15. The molecule has 0 unspecified atom stereocenters. The smallest absolute Gasteiger partial charge is 0.150 e. The standard InChI is InChI=1S/C13H26N2O2S/c1-2-15(12-5-3-4-6-12)13(11-14)7-9-18(16,17)10-8-13/h12H,2-11,14H2,1H3. The van der Waals surface area contributed by atoms with Crippen molar-refractivity contribution in [2.24, 2.45) is 5.73 Å². The van der Waals surface area contributed by atoms with E-state index in [4.69, 9.17) is 5.73 Å². The van der Waals surface area contributed by atoms with Crippen molar-refractivity contribution in [2.45, 2.75) is 57.0 Å². The van der Waals surface area contributed by atoms with Crippen molar-refractivity contribution in [1.82, 2.24) is 4.90 Å².